The van der Waals surface area contributed by atoms with Crippen molar-refractivity contribution in [1.82, 2.24) is 0 Å². The average molecular weight is 256 g/mol. The number of benzene rings is 1. The Kier molecular flexibility index (Phi) is 3.34. The number of alkyl halides is 2. The molecule has 0 saturated heterocycles. The van der Waals surface area contributed by atoms with Gasteiger partial charge in [-0.15, -0.1) is 0 Å². The van der Waals surface area contributed by atoms with E-state index in [9.17, 15) is 18.7 Å². The number of carbonyl (C=O) groups excluding carboxylic acids is 1. The van der Waals surface area contributed by atoms with Crippen molar-refractivity contribution in [3.05, 3.63) is 35.9 Å². The molecule has 0 heterocycles. The van der Waals surface area contributed by atoms with E-state index in [4.69, 9.17) is 4.74 Å². The Morgan fingerprint density at radius 3 is 2.50 bits per heavy atom. The van der Waals surface area contributed by atoms with Gasteiger partial charge in [0.15, 0.2) is 5.60 Å². The summed E-state index contributed by atoms with van der Waals surface area (Å²) in [7, 11) is 0. The van der Waals surface area contributed by atoms with Crippen LogP contribution >= 0.6 is 0 Å². The van der Waals surface area contributed by atoms with Gasteiger partial charge < -0.3 is 9.84 Å². The normalized spacial score (nSPS) is 25.9. The molecule has 3 nitrogen and oxygen atoms in total. The van der Waals surface area contributed by atoms with Crippen molar-refractivity contribution >= 4 is 5.97 Å². The van der Waals surface area contributed by atoms with Crippen LogP contribution in [0, 0.1) is 0 Å². The van der Waals surface area contributed by atoms with Gasteiger partial charge in [-0.3, -0.25) is 0 Å². The first-order valence-electron chi connectivity index (χ1n) is 5.73. The van der Waals surface area contributed by atoms with Crippen LogP contribution in [0.15, 0.2) is 30.3 Å². The summed E-state index contributed by atoms with van der Waals surface area (Å²) in [6.45, 7) is -0.0203. The van der Waals surface area contributed by atoms with Gasteiger partial charge in [0.2, 0.25) is 0 Å². The van der Waals surface area contributed by atoms with Crippen molar-refractivity contribution in [1.29, 1.82) is 0 Å². The second kappa shape index (κ2) is 4.65. The number of halogens is 2. The lowest BCUT2D eigenvalue weighted by atomic mass is 10.0. The van der Waals surface area contributed by atoms with Crippen LogP contribution in [0.5, 0.6) is 0 Å². The van der Waals surface area contributed by atoms with Crippen LogP contribution in [-0.4, -0.2) is 22.6 Å². The van der Waals surface area contributed by atoms with Crippen LogP contribution < -0.4 is 0 Å². The summed E-state index contributed by atoms with van der Waals surface area (Å²) in [5.74, 6) is -3.95. The van der Waals surface area contributed by atoms with E-state index in [1.807, 2.05) is 6.07 Å². The average Bonchev–Trinajstić information content (AvgIpc) is 2.63. The third kappa shape index (κ3) is 2.85. The predicted molar refractivity (Wildman–Crippen MR) is 60.0 cm³/mol. The van der Waals surface area contributed by atoms with Gasteiger partial charge in [0, 0.05) is 6.42 Å². The maximum atomic E-state index is 13.0. The fraction of sp³-hybridized carbons (Fsp3) is 0.462. The van der Waals surface area contributed by atoms with Crippen molar-refractivity contribution < 1.29 is 23.4 Å². The van der Waals surface area contributed by atoms with E-state index in [0.29, 0.717) is 0 Å². The van der Waals surface area contributed by atoms with Gasteiger partial charge in [-0.1, -0.05) is 30.3 Å². The van der Waals surface area contributed by atoms with Crippen molar-refractivity contribution in [2.75, 3.05) is 0 Å². The molecule has 5 heteroatoms. The number of rotatable bonds is 3. The zero-order valence-corrected chi connectivity index (χ0v) is 9.73. The molecule has 0 aliphatic heterocycles. The summed E-state index contributed by atoms with van der Waals surface area (Å²) in [5.41, 5.74) is -1.29. The first-order valence-corrected chi connectivity index (χ1v) is 5.73. The number of ether oxygens (including phenoxy) is 1. The third-order valence-electron chi connectivity index (χ3n) is 3.05. The highest BCUT2D eigenvalue weighted by molar-refractivity contribution is 5.79. The lowest BCUT2D eigenvalue weighted by Gasteiger charge is -2.20. The highest BCUT2D eigenvalue weighted by Gasteiger charge is 2.53. The van der Waals surface area contributed by atoms with Crippen molar-refractivity contribution in [2.45, 2.75) is 37.4 Å². The highest BCUT2D eigenvalue weighted by Crippen LogP contribution is 2.42. The van der Waals surface area contributed by atoms with E-state index in [2.05, 4.69) is 0 Å². The number of aliphatic hydroxyl groups is 1. The van der Waals surface area contributed by atoms with Gasteiger partial charge in [0.25, 0.3) is 5.92 Å². The van der Waals surface area contributed by atoms with Gasteiger partial charge in [0.05, 0.1) is 6.42 Å². The first-order chi connectivity index (χ1) is 8.41. The summed E-state index contributed by atoms with van der Waals surface area (Å²) in [6.07, 6.45) is -1.59. The molecule has 1 unspecified atom stereocenters. The SMILES string of the molecule is O=C(OCc1ccccc1)C1(O)CCC(F)(F)C1. The van der Waals surface area contributed by atoms with Crippen LogP contribution in [-0.2, 0) is 16.1 Å². The molecule has 1 aliphatic carbocycles. The number of hydrogen-bond acceptors (Lipinski definition) is 3. The predicted octanol–water partition coefficient (Wildman–Crippen LogP) is 2.28. The Bertz CT molecular complexity index is 433. The Morgan fingerprint density at radius 1 is 1.28 bits per heavy atom. The van der Waals surface area contributed by atoms with Crippen LogP contribution in [0.1, 0.15) is 24.8 Å². The molecule has 0 amide bonds. The molecular weight excluding hydrogens is 242 g/mol. The quantitative estimate of drug-likeness (QED) is 0.844. The molecule has 1 atom stereocenters. The van der Waals surface area contributed by atoms with Gasteiger partial charge in [-0.2, -0.15) is 0 Å². The minimum absolute atomic E-state index is 0.0203. The molecule has 1 aromatic carbocycles. The van der Waals surface area contributed by atoms with E-state index in [-0.39, 0.29) is 13.0 Å². The minimum atomic E-state index is -2.99. The fourth-order valence-electron chi connectivity index (χ4n) is 2.03. The number of carbonyl (C=O) groups is 1. The van der Waals surface area contributed by atoms with Gasteiger partial charge in [-0.05, 0) is 12.0 Å². The molecule has 0 aromatic heterocycles. The third-order valence-corrected chi connectivity index (χ3v) is 3.05. The molecule has 1 saturated carbocycles. The molecule has 1 fully saturated rings. The summed E-state index contributed by atoms with van der Waals surface area (Å²) in [6, 6.07) is 8.88. The monoisotopic (exact) mass is 256 g/mol. The number of esters is 1. The zero-order valence-electron chi connectivity index (χ0n) is 9.73. The van der Waals surface area contributed by atoms with E-state index in [1.165, 1.54) is 0 Å². The molecule has 98 valence electrons. The molecule has 18 heavy (non-hydrogen) atoms. The molecule has 1 aliphatic rings. The molecule has 0 radical (unpaired) electrons. The van der Waals surface area contributed by atoms with Crippen LogP contribution in [0.4, 0.5) is 8.78 Å². The molecule has 1 aromatic rings. The maximum absolute atomic E-state index is 13.0. The Hall–Kier alpha value is -1.49. The lowest BCUT2D eigenvalue weighted by molar-refractivity contribution is -0.168. The van der Waals surface area contributed by atoms with Gasteiger partial charge >= 0.3 is 5.97 Å². The van der Waals surface area contributed by atoms with E-state index >= 15 is 0 Å². The first kappa shape index (κ1) is 13.0. The standard InChI is InChI=1S/C13H14F2O3/c14-13(15)7-6-12(17,9-13)11(16)18-8-10-4-2-1-3-5-10/h1-5,17H,6-9H2. The Balaban J connectivity index is 1.93. The molecule has 1 N–H and O–H groups in total. The summed E-state index contributed by atoms with van der Waals surface area (Å²) >= 11 is 0. The topological polar surface area (TPSA) is 46.5 Å². The van der Waals surface area contributed by atoms with Crippen LogP contribution in [0.25, 0.3) is 0 Å². The summed E-state index contributed by atoms with van der Waals surface area (Å²) in [5, 5.41) is 9.82. The smallest absolute Gasteiger partial charge is 0.338 e. The molecular formula is C13H14F2O3. The molecule has 0 bridgehead atoms. The molecule has 2 rings (SSSR count). The Labute approximate surface area is 103 Å². The number of hydrogen-bond donors (Lipinski definition) is 1. The van der Waals surface area contributed by atoms with E-state index in [0.717, 1.165) is 5.56 Å². The zero-order chi connectivity index (χ0) is 13.2. The minimum Gasteiger partial charge on any atom is -0.459 e. The lowest BCUT2D eigenvalue weighted by Crippen LogP contribution is -2.38. The van der Waals surface area contributed by atoms with Crippen molar-refractivity contribution in [3.63, 3.8) is 0 Å². The summed E-state index contributed by atoms with van der Waals surface area (Å²) < 4.78 is 30.9. The van der Waals surface area contributed by atoms with Crippen molar-refractivity contribution in [3.8, 4) is 0 Å². The largest absolute Gasteiger partial charge is 0.459 e. The summed E-state index contributed by atoms with van der Waals surface area (Å²) in [4.78, 5) is 11.6. The van der Waals surface area contributed by atoms with Crippen LogP contribution in [0.2, 0.25) is 0 Å². The second-order valence-corrected chi connectivity index (χ2v) is 4.63. The Morgan fingerprint density at radius 2 is 1.94 bits per heavy atom. The molecule has 0 spiro atoms. The van der Waals surface area contributed by atoms with Gasteiger partial charge in [0.1, 0.15) is 6.61 Å². The fourth-order valence-corrected chi connectivity index (χ4v) is 2.03. The maximum Gasteiger partial charge on any atom is 0.338 e. The second-order valence-electron chi connectivity index (χ2n) is 4.63. The van der Waals surface area contributed by atoms with Crippen LogP contribution in [0.3, 0.4) is 0 Å². The van der Waals surface area contributed by atoms with Gasteiger partial charge in [-0.25, -0.2) is 13.6 Å². The highest BCUT2D eigenvalue weighted by atomic mass is 19.3. The van der Waals surface area contributed by atoms with E-state index in [1.54, 1.807) is 24.3 Å². The van der Waals surface area contributed by atoms with Crippen molar-refractivity contribution in [2.24, 2.45) is 0 Å². The van der Waals surface area contributed by atoms with E-state index < -0.39 is 30.3 Å².